The van der Waals surface area contributed by atoms with Crippen molar-refractivity contribution in [2.75, 3.05) is 10.6 Å². The first-order valence-electron chi connectivity index (χ1n) is 7.69. The van der Waals surface area contributed by atoms with Crippen molar-refractivity contribution in [3.8, 4) is 0 Å². The molecule has 7 heteroatoms. The Morgan fingerprint density at radius 1 is 1.39 bits per heavy atom. The van der Waals surface area contributed by atoms with Crippen molar-refractivity contribution in [1.29, 1.82) is 0 Å². The highest BCUT2D eigenvalue weighted by Gasteiger charge is 2.30. The highest BCUT2D eigenvalue weighted by atomic mass is 32.1. The van der Waals surface area contributed by atoms with Gasteiger partial charge in [0.15, 0.2) is 0 Å². The number of amides is 2. The van der Waals surface area contributed by atoms with Gasteiger partial charge < -0.3 is 5.32 Å². The molecule has 1 atom stereocenters. The van der Waals surface area contributed by atoms with Crippen LogP contribution in [0.5, 0.6) is 0 Å². The number of nitrogens with zero attached hydrogens (tertiary/aromatic N) is 2. The quantitative estimate of drug-likeness (QED) is 0.883. The number of nitrogens with one attached hydrogen (secondary N) is 2. The number of carbonyl (C=O) groups is 2. The number of benzene rings is 1. The maximum atomic E-state index is 12.5. The fourth-order valence-corrected chi connectivity index (χ4v) is 3.36. The summed E-state index contributed by atoms with van der Waals surface area (Å²) in [5.74, 6) is -0.863. The molecule has 1 aliphatic rings. The Balaban J connectivity index is 1.73. The molecule has 0 radical (unpaired) electrons. The molecule has 0 saturated heterocycles. The van der Waals surface area contributed by atoms with Crippen LogP contribution in [0, 0.1) is 0 Å². The molecular weight excluding hydrogens is 312 g/mol. The zero-order chi connectivity index (χ0) is 16.2. The lowest BCUT2D eigenvalue weighted by molar-refractivity contribution is -0.123. The first kappa shape index (κ1) is 15.6. The number of fused-ring (bicyclic) bond motifs is 1. The molecule has 2 heterocycles. The monoisotopic (exact) mass is 330 g/mol. The van der Waals surface area contributed by atoms with Gasteiger partial charge in [0, 0.05) is 18.5 Å². The molecule has 120 valence electrons. The zero-order valence-corrected chi connectivity index (χ0v) is 13.7. The molecule has 2 amide bonds. The van der Waals surface area contributed by atoms with Gasteiger partial charge in [-0.15, -0.1) is 10.2 Å². The molecule has 3 rings (SSSR count). The maximum absolute atomic E-state index is 12.5. The Morgan fingerprint density at radius 2 is 2.22 bits per heavy atom. The zero-order valence-electron chi connectivity index (χ0n) is 12.8. The molecular formula is C16H18N4O2S. The molecule has 0 aliphatic carbocycles. The molecule has 1 aromatic heterocycles. The summed E-state index contributed by atoms with van der Waals surface area (Å²) < 4.78 is 0. The Labute approximate surface area is 138 Å². The minimum absolute atomic E-state index is 0.143. The summed E-state index contributed by atoms with van der Waals surface area (Å²) in [6.07, 6.45) is 3.16. The van der Waals surface area contributed by atoms with Crippen molar-refractivity contribution < 1.29 is 9.59 Å². The summed E-state index contributed by atoms with van der Waals surface area (Å²) in [4.78, 5) is 24.3. The van der Waals surface area contributed by atoms with Crippen molar-refractivity contribution in [2.24, 2.45) is 0 Å². The van der Waals surface area contributed by atoms with Crippen molar-refractivity contribution >= 4 is 34.0 Å². The van der Waals surface area contributed by atoms with E-state index in [9.17, 15) is 9.59 Å². The van der Waals surface area contributed by atoms with Gasteiger partial charge in [0.1, 0.15) is 5.01 Å². The smallest absolute Gasteiger partial charge is 0.234 e. The lowest BCUT2D eigenvalue weighted by Crippen LogP contribution is -2.30. The molecule has 2 aromatic rings. The summed E-state index contributed by atoms with van der Waals surface area (Å²) in [6, 6.07) is 7.38. The van der Waals surface area contributed by atoms with Crippen LogP contribution in [0.3, 0.4) is 0 Å². The number of carbonyl (C=O) groups excluding carboxylic acids is 2. The van der Waals surface area contributed by atoms with E-state index >= 15 is 0 Å². The number of hydrogen-bond donors (Lipinski definition) is 2. The molecule has 0 spiro atoms. The van der Waals surface area contributed by atoms with Crippen LogP contribution in [-0.2, 0) is 16.0 Å². The summed E-state index contributed by atoms with van der Waals surface area (Å²) in [6.45, 7) is 2.12. The number of hydrogen-bond acceptors (Lipinski definition) is 5. The largest absolute Gasteiger partial charge is 0.326 e. The number of para-hydroxylation sites is 1. The van der Waals surface area contributed by atoms with E-state index in [1.54, 1.807) is 6.07 Å². The highest BCUT2D eigenvalue weighted by molar-refractivity contribution is 7.15. The van der Waals surface area contributed by atoms with Crippen LogP contribution in [0.25, 0.3) is 0 Å². The second kappa shape index (κ2) is 6.87. The molecule has 0 fully saturated rings. The minimum atomic E-state index is -0.497. The van der Waals surface area contributed by atoms with Gasteiger partial charge in [-0.1, -0.05) is 42.9 Å². The first-order chi connectivity index (χ1) is 11.2. The van der Waals surface area contributed by atoms with Crippen LogP contribution in [0.4, 0.5) is 10.8 Å². The molecule has 0 bridgehead atoms. The average molecular weight is 330 g/mol. The van der Waals surface area contributed by atoms with Gasteiger partial charge >= 0.3 is 0 Å². The van der Waals surface area contributed by atoms with Crippen LogP contribution < -0.4 is 10.6 Å². The standard InChI is InChI=1S/C16H18N4O2S/c1-2-3-8-14-19-20-16(23-14)18-15(22)11-9-13(21)17-12-7-5-4-6-10(11)12/h4-7,11H,2-3,8-9H2,1H3,(H,17,21)(H,18,20,22). The van der Waals surface area contributed by atoms with E-state index in [0.29, 0.717) is 10.8 Å². The predicted octanol–water partition coefficient (Wildman–Crippen LogP) is 2.95. The van der Waals surface area contributed by atoms with Gasteiger partial charge in [0.2, 0.25) is 16.9 Å². The molecule has 1 aliphatic heterocycles. The Hall–Kier alpha value is -2.28. The van der Waals surface area contributed by atoms with Crippen LogP contribution in [-0.4, -0.2) is 22.0 Å². The highest BCUT2D eigenvalue weighted by Crippen LogP contribution is 2.33. The molecule has 1 aromatic carbocycles. The van der Waals surface area contributed by atoms with Crippen LogP contribution in [0.1, 0.15) is 42.7 Å². The van der Waals surface area contributed by atoms with Crippen LogP contribution in [0.15, 0.2) is 24.3 Å². The van der Waals surface area contributed by atoms with E-state index in [0.717, 1.165) is 29.8 Å². The van der Waals surface area contributed by atoms with E-state index in [1.807, 2.05) is 18.2 Å². The summed E-state index contributed by atoms with van der Waals surface area (Å²) in [5, 5.41) is 15.1. The first-order valence-corrected chi connectivity index (χ1v) is 8.51. The van der Waals surface area contributed by atoms with Gasteiger partial charge in [-0.25, -0.2) is 0 Å². The van der Waals surface area contributed by atoms with E-state index in [4.69, 9.17) is 0 Å². The number of unbranched alkanes of at least 4 members (excludes halogenated alkanes) is 1. The van der Waals surface area contributed by atoms with Gasteiger partial charge in [-0.2, -0.15) is 0 Å². The molecule has 2 N–H and O–H groups in total. The fraction of sp³-hybridized carbons (Fsp3) is 0.375. The topological polar surface area (TPSA) is 84.0 Å². The lowest BCUT2D eigenvalue weighted by atomic mass is 9.90. The van der Waals surface area contributed by atoms with E-state index in [2.05, 4.69) is 27.8 Å². The lowest BCUT2D eigenvalue weighted by Gasteiger charge is -2.24. The second-order valence-corrected chi connectivity index (χ2v) is 6.55. The van der Waals surface area contributed by atoms with Crippen molar-refractivity contribution in [1.82, 2.24) is 10.2 Å². The Kier molecular flexibility index (Phi) is 4.66. The van der Waals surface area contributed by atoms with E-state index in [-0.39, 0.29) is 18.2 Å². The number of anilines is 2. The fourth-order valence-electron chi connectivity index (χ4n) is 2.57. The van der Waals surface area contributed by atoms with Gasteiger partial charge in [-0.3, -0.25) is 14.9 Å². The van der Waals surface area contributed by atoms with Crippen LogP contribution >= 0.6 is 11.3 Å². The van der Waals surface area contributed by atoms with E-state index in [1.165, 1.54) is 11.3 Å². The number of aryl methyl sites for hydroxylation is 1. The summed E-state index contributed by atoms with van der Waals surface area (Å²) >= 11 is 1.39. The molecule has 0 saturated carbocycles. The van der Waals surface area contributed by atoms with Gasteiger partial charge in [-0.05, 0) is 18.1 Å². The third kappa shape index (κ3) is 3.56. The third-order valence-electron chi connectivity index (χ3n) is 3.76. The minimum Gasteiger partial charge on any atom is -0.326 e. The SMILES string of the molecule is CCCCc1nnc(NC(=O)C2CC(=O)Nc3ccccc32)s1. The number of aromatic nitrogens is 2. The number of rotatable bonds is 5. The molecule has 6 nitrogen and oxygen atoms in total. The average Bonchev–Trinajstić information content (AvgIpc) is 2.99. The predicted molar refractivity (Wildman–Crippen MR) is 89.6 cm³/mol. The molecule has 23 heavy (non-hydrogen) atoms. The normalized spacial score (nSPS) is 16.6. The summed E-state index contributed by atoms with van der Waals surface area (Å²) in [7, 11) is 0. The van der Waals surface area contributed by atoms with Crippen molar-refractivity contribution in [2.45, 2.75) is 38.5 Å². The van der Waals surface area contributed by atoms with Crippen LogP contribution in [0.2, 0.25) is 0 Å². The summed E-state index contributed by atoms with van der Waals surface area (Å²) in [5.41, 5.74) is 1.53. The maximum Gasteiger partial charge on any atom is 0.234 e. The van der Waals surface area contributed by atoms with Gasteiger partial charge in [0.25, 0.3) is 0 Å². The van der Waals surface area contributed by atoms with Gasteiger partial charge in [0.05, 0.1) is 5.92 Å². The Bertz CT molecular complexity index is 728. The Morgan fingerprint density at radius 3 is 3.04 bits per heavy atom. The van der Waals surface area contributed by atoms with E-state index < -0.39 is 5.92 Å². The molecule has 1 unspecified atom stereocenters. The third-order valence-corrected chi connectivity index (χ3v) is 4.66. The second-order valence-electron chi connectivity index (χ2n) is 5.49. The van der Waals surface area contributed by atoms with Crippen molar-refractivity contribution in [3.63, 3.8) is 0 Å². The van der Waals surface area contributed by atoms with Crippen molar-refractivity contribution in [3.05, 3.63) is 34.8 Å².